The molecule has 1 aromatic heterocycles. The van der Waals surface area contributed by atoms with E-state index in [1.165, 1.54) is 6.07 Å². The summed E-state index contributed by atoms with van der Waals surface area (Å²) in [5, 5.41) is 0. The van der Waals surface area contributed by atoms with E-state index in [2.05, 4.69) is 9.97 Å². The molecule has 0 amide bonds. The Kier molecular flexibility index (Phi) is 3.14. The fourth-order valence-corrected chi connectivity index (χ4v) is 1.45. The molecule has 0 atom stereocenters. The molecule has 5 heteroatoms. The first-order chi connectivity index (χ1) is 7.72. The number of nitrogens with zero attached hydrogens (tertiary/aromatic N) is 1. The number of aromatic amines is 1. The number of aromatic nitrogens is 2. The van der Waals surface area contributed by atoms with Crippen molar-refractivity contribution in [2.24, 2.45) is 0 Å². The molecule has 16 heavy (non-hydrogen) atoms. The molecule has 0 saturated heterocycles. The molecule has 1 heterocycles. The Bertz CT molecular complexity index is 496. The maximum atomic E-state index is 13.3. The van der Waals surface area contributed by atoms with E-state index in [9.17, 15) is 8.78 Å². The Morgan fingerprint density at radius 2 is 2.19 bits per heavy atom. The molecule has 0 spiro atoms. The van der Waals surface area contributed by atoms with E-state index in [4.69, 9.17) is 4.74 Å². The lowest BCUT2D eigenvalue weighted by atomic mass is 10.3. The van der Waals surface area contributed by atoms with E-state index in [0.29, 0.717) is 17.9 Å². The largest absolute Gasteiger partial charge is 0.374 e. The van der Waals surface area contributed by atoms with Crippen LogP contribution in [0, 0.1) is 11.6 Å². The third kappa shape index (κ3) is 2.04. The van der Waals surface area contributed by atoms with Gasteiger partial charge in [0.1, 0.15) is 17.9 Å². The highest BCUT2D eigenvalue weighted by Gasteiger charge is 2.11. The fraction of sp³-hybridized carbons (Fsp3) is 0.364. The molecule has 0 aliphatic carbocycles. The lowest BCUT2D eigenvalue weighted by molar-refractivity contribution is 0.117. The molecule has 0 radical (unpaired) electrons. The van der Waals surface area contributed by atoms with Crippen molar-refractivity contribution in [3.8, 4) is 0 Å². The van der Waals surface area contributed by atoms with Crippen LogP contribution in [-0.4, -0.2) is 16.6 Å². The van der Waals surface area contributed by atoms with E-state index in [1.807, 2.05) is 6.92 Å². The first kappa shape index (κ1) is 11.0. The molecule has 3 nitrogen and oxygen atoms in total. The standard InChI is InChI=1S/C11H12F2N2O/c1-2-5-16-6-9-14-8-4-3-7(12)10(13)11(8)15-9/h3-4H,2,5-6H2,1H3,(H,14,15). The van der Waals surface area contributed by atoms with Crippen molar-refractivity contribution in [1.82, 2.24) is 9.97 Å². The first-order valence-electron chi connectivity index (χ1n) is 5.12. The number of H-pyrrole nitrogens is 1. The quantitative estimate of drug-likeness (QED) is 0.814. The van der Waals surface area contributed by atoms with Crippen LogP contribution in [0.3, 0.4) is 0 Å². The van der Waals surface area contributed by atoms with Crippen LogP contribution >= 0.6 is 0 Å². The zero-order valence-electron chi connectivity index (χ0n) is 8.89. The summed E-state index contributed by atoms with van der Waals surface area (Å²) in [6.45, 7) is 2.89. The van der Waals surface area contributed by atoms with Crippen molar-refractivity contribution in [2.75, 3.05) is 6.61 Å². The van der Waals surface area contributed by atoms with Crippen molar-refractivity contribution in [3.05, 3.63) is 29.6 Å². The molecule has 0 unspecified atom stereocenters. The molecule has 0 bridgehead atoms. The van der Waals surface area contributed by atoms with E-state index in [0.717, 1.165) is 12.5 Å². The van der Waals surface area contributed by atoms with E-state index >= 15 is 0 Å². The topological polar surface area (TPSA) is 37.9 Å². The van der Waals surface area contributed by atoms with Crippen LogP contribution in [0.25, 0.3) is 11.0 Å². The predicted octanol–water partition coefficient (Wildman–Crippen LogP) is 2.77. The monoisotopic (exact) mass is 226 g/mol. The molecule has 0 aliphatic rings. The minimum absolute atomic E-state index is 0.0232. The predicted molar refractivity (Wildman–Crippen MR) is 56.0 cm³/mol. The maximum Gasteiger partial charge on any atom is 0.186 e. The van der Waals surface area contributed by atoms with Gasteiger partial charge in [-0.05, 0) is 18.6 Å². The highest BCUT2D eigenvalue weighted by molar-refractivity contribution is 5.75. The average molecular weight is 226 g/mol. The highest BCUT2D eigenvalue weighted by Crippen LogP contribution is 2.18. The highest BCUT2D eigenvalue weighted by atomic mass is 19.2. The van der Waals surface area contributed by atoms with Crippen LogP contribution in [0.4, 0.5) is 8.78 Å². The normalized spacial score (nSPS) is 11.2. The van der Waals surface area contributed by atoms with Crippen molar-refractivity contribution in [1.29, 1.82) is 0 Å². The van der Waals surface area contributed by atoms with Gasteiger partial charge < -0.3 is 9.72 Å². The van der Waals surface area contributed by atoms with Gasteiger partial charge >= 0.3 is 0 Å². The second kappa shape index (κ2) is 4.57. The summed E-state index contributed by atoms with van der Waals surface area (Å²) in [6.07, 6.45) is 0.906. The zero-order valence-corrected chi connectivity index (χ0v) is 8.89. The van der Waals surface area contributed by atoms with Crippen molar-refractivity contribution in [2.45, 2.75) is 20.0 Å². The third-order valence-corrected chi connectivity index (χ3v) is 2.18. The minimum Gasteiger partial charge on any atom is -0.374 e. The molecule has 86 valence electrons. The molecule has 0 saturated carbocycles. The van der Waals surface area contributed by atoms with Gasteiger partial charge in [0.25, 0.3) is 0 Å². The second-order valence-corrected chi connectivity index (χ2v) is 3.49. The number of imidazole rings is 1. The van der Waals surface area contributed by atoms with Gasteiger partial charge in [-0.2, -0.15) is 0 Å². The number of halogens is 2. The summed E-state index contributed by atoms with van der Waals surface area (Å²) in [5.41, 5.74) is 0.504. The van der Waals surface area contributed by atoms with Gasteiger partial charge in [0.15, 0.2) is 11.6 Å². The molecule has 0 aliphatic heterocycles. The molecule has 0 fully saturated rings. The maximum absolute atomic E-state index is 13.3. The van der Waals surface area contributed by atoms with E-state index in [1.54, 1.807) is 0 Å². The first-order valence-corrected chi connectivity index (χ1v) is 5.12. The van der Waals surface area contributed by atoms with Crippen molar-refractivity contribution >= 4 is 11.0 Å². The number of ether oxygens (including phenoxy) is 1. The average Bonchev–Trinajstić information content (AvgIpc) is 2.68. The van der Waals surface area contributed by atoms with Crippen LogP contribution in [-0.2, 0) is 11.3 Å². The molecule has 2 rings (SSSR count). The third-order valence-electron chi connectivity index (χ3n) is 2.18. The number of hydrogen-bond donors (Lipinski definition) is 1. The van der Waals surface area contributed by atoms with E-state index < -0.39 is 11.6 Å². The Labute approximate surface area is 91.4 Å². The Balaban J connectivity index is 2.26. The Morgan fingerprint density at radius 1 is 1.38 bits per heavy atom. The number of benzene rings is 1. The SMILES string of the molecule is CCCOCc1nc2c(F)c(F)ccc2[nH]1. The summed E-state index contributed by atoms with van der Waals surface area (Å²) < 4.78 is 31.5. The Hall–Kier alpha value is -1.49. The summed E-state index contributed by atoms with van der Waals surface area (Å²) in [5.74, 6) is -1.30. The second-order valence-electron chi connectivity index (χ2n) is 3.49. The van der Waals surface area contributed by atoms with Crippen LogP contribution in [0.2, 0.25) is 0 Å². The molecule has 1 aromatic carbocycles. The molecule has 1 N–H and O–H groups in total. The van der Waals surface area contributed by atoms with Crippen LogP contribution < -0.4 is 0 Å². The smallest absolute Gasteiger partial charge is 0.186 e. The van der Waals surface area contributed by atoms with Gasteiger partial charge in [0, 0.05) is 6.61 Å². The summed E-state index contributed by atoms with van der Waals surface area (Å²) in [7, 11) is 0. The van der Waals surface area contributed by atoms with Gasteiger partial charge in [-0.25, -0.2) is 13.8 Å². The van der Waals surface area contributed by atoms with Crippen LogP contribution in [0.1, 0.15) is 19.2 Å². The lowest BCUT2D eigenvalue weighted by Crippen LogP contribution is -1.95. The summed E-state index contributed by atoms with van der Waals surface area (Å²) in [4.78, 5) is 6.83. The number of nitrogens with one attached hydrogen (secondary N) is 1. The molecule has 2 aromatic rings. The van der Waals surface area contributed by atoms with Gasteiger partial charge in [0.05, 0.1) is 5.52 Å². The number of hydrogen-bond acceptors (Lipinski definition) is 2. The van der Waals surface area contributed by atoms with Gasteiger partial charge in [-0.1, -0.05) is 6.92 Å². The molecular weight excluding hydrogens is 214 g/mol. The fourth-order valence-electron chi connectivity index (χ4n) is 1.45. The number of rotatable bonds is 4. The van der Waals surface area contributed by atoms with Gasteiger partial charge in [-0.3, -0.25) is 0 Å². The van der Waals surface area contributed by atoms with Gasteiger partial charge in [0.2, 0.25) is 0 Å². The summed E-state index contributed by atoms with van der Waals surface area (Å²) in [6, 6.07) is 2.54. The Morgan fingerprint density at radius 3 is 2.94 bits per heavy atom. The van der Waals surface area contributed by atoms with Crippen molar-refractivity contribution in [3.63, 3.8) is 0 Å². The van der Waals surface area contributed by atoms with E-state index in [-0.39, 0.29) is 12.1 Å². The van der Waals surface area contributed by atoms with Crippen LogP contribution in [0.5, 0.6) is 0 Å². The van der Waals surface area contributed by atoms with Crippen LogP contribution in [0.15, 0.2) is 12.1 Å². The molecular formula is C11H12F2N2O. The number of fused-ring (bicyclic) bond motifs is 1. The summed E-state index contributed by atoms with van der Waals surface area (Å²) >= 11 is 0. The minimum atomic E-state index is -0.921. The zero-order chi connectivity index (χ0) is 11.5. The lowest BCUT2D eigenvalue weighted by Gasteiger charge is -1.97. The van der Waals surface area contributed by atoms with Crippen molar-refractivity contribution < 1.29 is 13.5 Å². The van der Waals surface area contributed by atoms with Gasteiger partial charge in [-0.15, -0.1) is 0 Å².